The van der Waals surface area contributed by atoms with Crippen LogP contribution in [0.1, 0.15) is 55.7 Å². The fraction of sp³-hybridized carbons (Fsp3) is 0.375. The number of hydrogen-bond acceptors (Lipinski definition) is 4. The number of anilines is 1. The average Bonchev–Trinajstić information content (AvgIpc) is 3.47. The molecule has 1 saturated carbocycles. The van der Waals surface area contributed by atoms with Crippen molar-refractivity contribution in [2.24, 2.45) is 0 Å². The minimum absolute atomic E-state index is 0.00759. The monoisotopic (exact) mass is 629 g/mol. The van der Waals surface area contributed by atoms with Crippen molar-refractivity contribution in [1.82, 2.24) is 10.2 Å². The molecule has 2 amide bonds. The fourth-order valence-corrected chi connectivity index (χ4v) is 6.87. The summed E-state index contributed by atoms with van der Waals surface area (Å²) in [6, 6.07) is 17.5. The number of sulfonamides is 1. The van der Waals surface area contributed by atoms with Crippen molar-refractivity contribution in [3.63, 3.8) is 0 Å². The Hall–Kier alpha value is -3.07. The summed E-state index contributed by atoms with van der Waals surface area (Å²) in [7, 11) is -4.17. The standard InChI is InChI=1S/C32H37Cl2N3O4S/c1-4-30(32(39)35-27-7-5-6-8-27)36(20-24-10-12-25(33)13-11-24)31(38)21-37(28-16-9-22(2)23(3)19-28)42(40,41)29-17-14-26(34)15-18-29/h9-19,27,30H,4-8,20-21H2,1-3H3,(H,35,39)/t30-/m1/s1. The quantitative estimate of drug-likeness (QED) is 0.256. The van der Waals surface area contributed by atoms with E-state index >= 15 is 0 Å². The summed E-state index contributed by atoms with van der Waals surface area (Å²) in [5.74, 6) is -0.723. The van der Waals surface area contributed by atoms with Gasteiger partial charge in [0.25, 0.3) is 10.0 Å². The van der Waals surface area contributed by atoms with Crippen LogP contribution in [0.4, 0.5) is 5.69 Å². The van der Waals surface area contributed by atoms with Crippen molar-refractivity contribution in [3.8, 4) is 0 Å². The lowest BCUT2D eigenvalue weighted by atomic mass is 10.1. The lowest BCUT2D eigenvalue weighted by molar-refractivity contribution is -0.140. The van der Waals surface area contributed by atoms with E-state index in [9.17, 15) is 18.0 Å². The summed E-state index contributed by atoms with van der Waals surface area (Å²) < 4.78 is 29.1. The van der Waals surface area contributed by atoms with E-state index in [0.29, 0.717) is 22.2 Å². The molecule has 0 heterocycles. The van der Waals surface area contributed by atoms with Crippen LogP contribution in [0.5, 0.6) is 0 Å². The maximum atomic E-state index is 14.2. The highest BCUT2D eigenvalue weighted by Gasteiger charge is 2.34. The third kappa shape index (κ3) is 7.65. The van der Waals surface area contributed by atoms with Crippen molar-refractivity contribution in [2.75, 3.05) is 10.8 Å². The molecular weight excluding hydrogens is 593 g/mol. The molecule has 7 nitrogen and oxygen atoms in total. The second-order valence-electron chi connectivity index (χ2n) is 10.8. The van der Waals surface area contributed by atoms with Crippen LogP contribution < -0.4 is 9.62 Å². The van der Waals surface area contributed by atoms with Gasteiger partial charge in [-0.3, -0.25) is 13.9 Å². The van der Waals surface area contributed by atoms with E-state index in [1.807, 2.05) is 26.8 Å². The zero-order valence-electron chi connectivity index (χ0n) is 24.1. The minimum Gasteiger partial charge on any atom is -0.352 e. The van der Waals surface area contributed by atoms with Crippen LogP contribution in [0.3, 0.4) is 0 Å². The second kappa shape index (κ2) is 13.9. The molecule has 0 bridgehead atoms. The number of carbonyl (C=O) groups is 2. The van der Waals surface area contributed by atoms with Gasteiger partial charge in [0.05, 0.1) is 10.6 Å². The van der Waals surface area contributed by atoms with Crippen LogP contribution >= 0.6 is 23.2 Å². The average molecular weight is 631 g/mol. The molecule has 0 saturated heterocycles. The van der Waals surface area contributed by atoms with Crippen LogP contribution in [0.2, 0.25) is 10.0 Å². The van der Waals surface area contributed by atoms with Crippen molar-refractivity contribution >= 4 is 50.7 Å². The second-order valence-corrected chi connectivity index (χ2v) is 13.5. The normalized spacial score (nSPS) is 14.4. The maximum absolute atomic E-state index is 14.2. The highest BCUT2D eigenvalue weighted by Crippen LogP contribution is 2.28. The van der Waals surface area contributed by atoms with E-state index in [2.05, 4.69) is 5.32 Å². The van der Waals surface area contributed by atoms with Crippen molar-refractivity contribution < 1.29 is 18.0 Å². The molecule has 224 valence electrons. The minimum atomic E-state index is -4.17. The fourth-order valence-electron chi connectivity index (χ4n) is 5.22. The molecule has 1 aliphatic carbocycles. The van der Waals surface area contributed by atoms with Gasteiger partial charge in [0.15, 0.2) is 0 Å². The summed E-state index contributed by atoms with van der Waals surface area (Å²) in [4.78, 5) is 29.2. The predicted molar refractivity (Wildman–Crippen MR) is 168 cm³/mol. The number of carbonyl (C=O) groups excluding carboxylic acids is 2. The van der Waals surface area contributed by atoms with Crippen LogP contribution in [-0.2, 0) is 26.2 Å². The molecule has 0 unspecified atom stereocenters. The molecule has 0 spiro atoms. The Labute approximate surface area is 258 Å². The van der Waals surface area contributed by atoms with E-state index in [0.717, 1.165) is 46.7 Å². The van der Waals surface area contributed by atoms with Gasteiger partial charge in [0.1, 0.15) is 12.6 Å². The number of benzene rings is 3. The van der Waals surface area contributed by atoms with E-state index in [1.54, 1.807) is 36.4 Å². The predicted octanol–water partition coefficient (Wildman–Crippen LogP) is 6.67. The largest absolute Gasteiger partial charge is 0.352 e. The smallest absolute Gasteiger partial charge is 0.264 e. The molecule has 1 aliphatic rings. The van der Waals surface area contributed by atoms with Crippen LogP contribution in [-0.4, -0.2) is 43.8 Å². The first-order chi connectivity index (χ1) is 20.0. The third-order valence-corrected chi connectivity index (χ3v) is 10.1. The molecule has 42 heavy (non-hydrogen) atoms. The molecule has 3 aromatic carbocycles. The molecule has 0 radical (unpaired) electrons. The molecule has 1 atom stereocenters. The lowest BCUT2D eigenvalue weighted by Gasteiger charge is -2.34. The molecule has 0 aromatic heterocycles. The van der Waals surface area contributed by atoms with Gasteiger partial charge in [0.2, 0.25) is 11.8 Å². The van der Waals surface area contributed by atoms with Gasteiger partial charge >= 0.3 is 0 Å². The molecule has 0 aliphatic heterocycles. The Morgan fingerprint density at radius 2 is 1.50 bits per heavy atom. The summed E-state index contributed by atoms with van der Waals surface area (Å²) in [5, 5.41) is 4.07. The molecule has 1 N–H and O–H groups in total. The molecule has 3 aromatic rings. The lowest BCUT2D eigenvalue weighted by Crippen LogP contribution is -2.53. The van der Waals surface area contributed by atoms with E-state index < -0.39 is 28.5 Å². The number of nitrogens with zero attached hydrogens (tertiary/aromatic N) is 2. The van der Waals surface area contributed by atoms with Crippen LogP contribution in [0.25, 0.3) is 0 Å². The van der Waals surface area contributed by atoms with Crippen molar-refractivity contribution in [3.05, 3.63) is 93.5 Å². The molecular formula is C32H37Cl2N3O4S. The highest BCUT2D eigenvalue weighted by atomic mass is 35.5. The Balaban J connectivity index is 1.73. The van der Waals surface area contributed by atoms with Gasteiger partial charge in [0, 0.05) is 22.6 Å². The van der Waals surface area contributed by atoms with Gasteiger partial charge in [-0.1, -0.05) is 61.2 Å². The number of nitrogens with one attached hydrogen (secondary N) is 1. The number of halogens is 2. The Kier molecular flexibility index (Phi) is 10.6. The molecule has 1 fully saturated rings. The van der Waals surface area contributed by atoms with Crippen molar-refractivity contribution in [1.29, 1.82) is 0 Å². The zero-order chi connectivity index (χ0) is 30.4. The summed E-state index contributed by atoms with van der Waals surface area (Å²) in [6.07, 6.45) is 4.30. The van der Waals surface area contributed by atoms with E-state index in [4.69, 9.17) is 23.2 Å². The third-order valence-electron chi connectivity index (χ3n) is 7.81. The highest BCUT2D eigenvalue weighted by molar-refractivity contribution is 7.92. The van der Waals surface area contributed by atoms with Gasteiger partial charge in [-0.15, -0.1) is 0 Å². The maximum Gasteiger partial charge on any atom is 0.264 e. The van der Waals surface area contributed by atoms with Gasteiger partial charge in [-0.25, -0.2) is 8.42 Å². The van der Waals surface area contributed by atoms with Crippen LogP contribution in [0.15, 0.2) is 71.6 Å². The molecule has 10 heteroatoms. The zero-order valence-corrected chi connectivity index (χ0v) is 26.5. The first-order valence-electron chi connectivity index (χ1n) is 14.2. The first-order valence-corrected chi connectivity index (χ1v) is 16.4. The van der Waals surface area contributed by atoms with Gasteiger partial charge in [-0.2, -0.15) is 0 Å². The van der Waals surface area contributed by atoms with Crippen molar-refractivity contribution in [2.45, 2.75) is 76.4 Å². The SMILES string of the molecule is CC[C@H](C(=O)NC1CCCC1)N(Cc1ccc(Cl)cc1)C(=O)CN(c1ccc(C)c(C)c1)S(=O)(=O)c1ccc(Cl)cc1. The number of rotatable bonds is 11. The molecule has 4 rings (SSSR count). The Morgan fingerprint density at radius 1 is 0.905 bits per heavy atom. The van der Waals surface area contributed by atoms with Crippen LogP contribution in [0, 0.1) is 13.8 Å². The Morgan fingerprint density at radius 3 is 2.07 bits per heavy atom. The van der Waals surface area contributed by atoms with E-state index in [-0.39, 0.29) is 23.4 Å². The number of hydrogen-bond donors (Lipinski definition) is 1. The number of amides is 2. The summed E-state index contributed by atoms with van der Waals surface area (Å²) >= 11 is 12.1. The van der Waals surface area contributed by atoms with Gasteiger partial charge in [-0.05, 0) is 98.3 Å². The summed E-state index contributed by atoms with van der Waals surface area (Å²) in [5.41, 5.74) is 3.01. The van der Waals surface area contributed by atoms with Gasteiger partial charge < -0.3 is 10.2 Å². The Bertz CT molecular complexity index is 1510. The topological polar surface area (TPSA) is 86.8 Å². The number of aryl methyl sites for hydroxylation is 2. The summed E-state index contributed by atoms with van der Waals surface area (Å²) in [6.45, 7) is 5.31. The van der Waals surface area contributed by atoms with E-state index in [1.165, 1.54) is 29.2 Å². The first kappa shape index (κ1) is 31.9.